The number of nitrogens with zero attached hydrogens (tertiary/aromatic N) is 2. The second-order valence-electron chi connectivity index (χ2n) is 4.17. The standard InChI is InChI=1S/C11H19N5O/c12-3-1-2-9-8-14-11(17)10(15-9)16-6-4-13-5-7-16/h8,13H,1-7,12H2,(H,14,17). The molecule has 1 aromatic heterocycles. The van der Waals surface area contributed by atoms with E-state index in [-0.39, 0.29) is 5.56 Å². The number of rotatable bonds is 4. The monoisotopic (exact) mass is 237 g/mol. The van der Waals surface area contributed by atoms with Crippen LogP contribution in [0.2, 0.25) is 0 Å². The summed E-state index contributed by atoms with van der Waals surface area (Å²) < 4.78 is 0. The molecule has 0 saturated carbocycles. The van der Waals surface area contributed by atoms with Gasteiger partial charge in [-0.05, 0) is 19.4 Å². The highest BCUT2D eigenvalue weighted by molar-refractivity contribution is 5.37. The van der Waals surface area contributed by atoms with Crippen molar-refractivity contribution in [2.24, 2.45) is 5.73 Å². The Balaban J connectivity index is 2.16. The molecule has 0 atom stereocenters. The van der Waals surface area contributed by atoms with Crippen molar-refractivity contribution in [2.45, 2.75) is 12.8 Å². The third-order valence-electron chi connectivity index (χ3n) is 2.88. The molecular formula is C11H19N5O. The van der Waals surface area contributed by atoms with E-state index in [4.69, 9.17) is 5.73 Å². The number of nitrogens with two attached hydrogens (primary N) is 1. The Labute approximate surface area is 100 Å². The van der Waals surface area contributed by atoms with Gasteiger partial charge in [0.25, 0.3) is 5.56 Å². The van der Waals surface area contributed by atoms with E-state index in [1.165, 1.54) is 0 Å². The molecule has 6 heteroatoms. The number of aromatic amines is 1. The lowest BCUT2D eigenvalue weighted by atomic mass is 10.2. The van der Waals surface area contributed by atoms with Crippen LogP contribution < -0.4 is 21.5 Å². The molecule has 6 nitrogen and oxygen atoms in total. The normalized spacial score (nSPS) is 16.2. The fourth-order valence-electron chi connectivity index (χ4n) is 1.93. The summed E-state index contributed by atoms with van der Waals surface area (Å²) in [5.74, 6) is 0.543. The molecule has 1 aliphatic rings. The summed E-state index contributed by atoms with van der Waals surface area (Å²) in [6, 6.07) is 0. The summed E-state index contributed by atoms with van der Waals surface area (Å²) in [4.78, 5) is 21.0. The minimum atomic E-state index is -0.108. The van der Waals surface area contributed by atoms with Crippen molar-refractivity contribution in [1.29, 1.82) is 0 Å². The van der Waals surface area contributed by atoms with Gasteiger partial charge >= 0.3 is 0 Å². The van der Waals surface area contributed by atoms with E-state index in [2.05, 4.69) is 15.3 Å². The Morgan fingerprint density at radius 3 is 2.88 bits per heavy atom. The van der Waals surface area contributed by atoms with Gasteiger partial charge in [-0.25, -0.2) is 4.98 Å². The first-order valence-corrected chi connectivity index (χ1v) is 6.05. The first-order chi connectivity index (χ1) is 8.31. The number of hydrogen-bond donors (Lipinski definition) is 3. The van der Waals surface area contributed by atoms with E-state index in [1.54, 1.807) is 6.20 Å². The van der Waals surface area contributed by atoms with Crippen molar-refractivity contribution in [1.82, 2.24) is 15.3 Å². The zero-order chi connectivity index (χ0) is 12.1. The summed E-state index contributed by atoms with van der Waals surface area (Å²) in [5, 5.41) is 3.25. The number of nitrogens with one attached hydrogen (secondary N) is 2. The molecule has 0 aliphatic carbocycles. The van der Waals surface area contributed by atoms with Crippen molar-refractivity contribution in [3.8, 4) is 0 Å². The largest absolute Gasteiger partial charge is 0.349 e. The van der Waals surface area contributed by atoms with Crippen molar-refractivity contribution in [2.75, 3.05) is 37.6 Å². The molecule has 0 radical (unpaired) electrons. The lowest BCUT2D eigenvalue weighted by Crippen LogP contribution is -2.46. The van der Waals surface area contributed by atoms with Gasteiger partial charge in [-0.2, -0.15) is 0 Å². The second kappa shape index (κ2) is 5.79. The maximum Gasteiger partial charge on any atom is 0.290 e. The fraction of sp³-hybridized carbons (Fsp3) is 0.636. The fourth-order valence-corrected chi connectivity index (χ4v) is 1.93. The Morgan fingerprint density at radius 1 is 1.41 bits per heavy atom. The van der Waals surface area contributed by atoms with E-state index in [0.29, 0.717) is 12.4 Å². The Kier molecular flexibility index (Phi) is 4.11. The molecule has 1 fully saturated rings. The van der Waals surface area contributed by atoms with Gasteiger partial charge in [-0.15, -0.1) is 0 Å². The zero-order valence-corrected chi connectivity index (χ0v) is 9.91. The zero-order valence-electron chi connectivity index (χ0n) is 9.91. The predicted octanol–water partition coefficient (Wildman–Crippen LogP) is -0.929. The van der Waals surface area contributed by atoms with Crippen molar-refractivity contribution < 1.29 is 0 Å². The van der Waals surface area contributed by atoms with Crippen LogP contribution in [0.1, 0.15) is 12.1 Å². The Morgan fingerprint density at radius 2 is 2.18 bits per heavy atom. The number of H-pyrrole nitrogens is 1. The molecule has 1 saturated heterocycles. The minimum Gasteiger partial charge on any atom is -0.349 e. The van der Waals surface area contributed by atoms with E-state index in [1.807, 2.05) is 4.90 Å². The van der Waals surface area contributed by atoms with Gasteiger partial charge in [-0.3, -0.25) is 4.79 Å². The maximum atomic E-state index is 11.7. The van der Waals surface area contributed by atoms with Crippen LogP contribution >= 0.6 is 0 Å². The molecule has 0 bridgehead atoms. The number of hydrogen-bond acceptors (Lipinski definition) is 5. The maximum absolute atomic E-state index is 11.7. The highest BCUT2D eigenvalue weighted by Crippen LogP contribution is 2.06. The van der Waals surface area contributed by atoms with Crippen LogP contribution in [-0.2, 0) is 6.42 Å². The topological polar surface area (TPSA) is 87.0 Å². The Bertz CT molecular complexity index is 411. The molecule has 0 amide bonds. The minimum absolute atomic E-state index is 0.108. The highest BCUT2D eigenvalue weighted by atomic mass is 16.1. The molecule has 2 heterocycles. The number of anilines is 1. The molecule has 4 N–H and O–H groups in total. The van der Waals surface area contributed by atoms with Crippen molar-refractivity contribution >= 4 is 5.82 Å². The third kappa shape index (κ3) is 3.04. The van der Waals surface area contributed by atoms with E-state index in [9.17, 15) is 4.79 Å². The molecular weight excluding hydrogens is 218 g/mol. The van der Waals surface area contributed by atoms with Crippen LogP contribution in [0.15, 0.2) is 11.0 Å². The van der Waals surface area contributed by atoms with Gasteiger partial charge in [0.15, 0.2) is 5.82 Å². The quantitative estimate of drug-likeness (QED) is 0.630. The summed E-state index contributed by atoms with van der Waals surface area (Å²) in [7, 11) is 0. The van der Waals surface area contributed by atoms with Gasteiger partial charge in [0.2, 0.25) is 0 Å². The Hall–Kier alpha value is -1.40. The van der Waals surface area contributed by atoms with Crippen LogP contribution in [0.25, 0.3) is 0 Å². The highest BCUT2D eigenvalue weighted by Gasteiger charge is 2.15. The van der Waals surface area contributed by atoms with Crippen LogP contribution in [-0.4, -0.2) is 42.7 Å². The SMILES string of the molecule is NCCCc1c[nH]c(=O)c(N2CCNCC2)n1. The molecule has 1 aromatic rings. The first-order valence-electron chi connectivity index (χ1n) is 6.05. The first kappa shape index (κ1) is 12.1. The molecule has 1 aliphatic heterocycles. The number of aryl methyl sites for hydroxylation is 1. The van der Waals surface area contributed by atoms with E-state index >= 15 is 0 Å². The summed E-state index contributed by atoms with van der Waals surface area (Å²) in [6.07, 6.45) is 3.39. The average Bonchev–Trinajstić information content (AvgIpc) is 2.39. The third-order valence-corrected chi connectivity index (χ3v) is 2.88. The lowest BCUT2D eigenvalue weighted by Gasteiger charge is -2.27. The van der Waals surface area contributed by atoms with Gasteiger partial charge in [0, 0.05) is 32.4 Å². The van der Waals surface area contributed by atoms with Gasteiger partial charge in [0.05, 0.1) is 5.69 Å². The van der Waals surface area contributed by atoms with Gasteiger partial charge < -0.3 is 20.9 Å². The molecule has 17 heavy (non-hydrogen) atoms. The lowest BCUT2D eigenvalue weighted by molar-refractivity contribution is 0.581. The number of piperazine rings is 1. The second-order valence-corrected chi connectivity index (χ2v) is 4.17. The molecule has 0 aromatic carbocycles. The van der Waals surface area contributed by atoms with Gasteiger partial charge in [-0.1, -0.05) is 0 Å². The molecule has 0 unspecified atom stereocenters. The number of aromatic nitrogens is 2. The average molecular weight is 237 g/mol. The van der Waals surface area contributed by atoms with E-state index in [0.717, 1.165) is 44.7 Å². The van der Waals surface area contributed by atoms with Crippen LogP contribution in [0.3, 0.4) is 0 Å². The smallest absolute Gasteiger partial charge is 0.290 e. The summed E-state index contributed by atoms with van der Waals surface area (Å²) >= 11 is 0. The van der Waals surface area contributed by atoms with Crippen LogP contribution in [0, 0.1) is 0 Å². The predicted molar refractivity (Wildman–Crippen MR) is 67.3 cm³/mol. The van der Waals surface area contributed by atoms with Gasteiger partial charge in [0.1, 0.15) is 0 Å². The molecule has 2 rings (SSSR count). The van der Waals surface area contributed by atoms with Crippen LogP contribution in [0.4, 0.5) is 5.82 Å². The van der Waals surface area contributed by atoms with Crippen LogP contribution in [0.5, 0.6) is 0 Å². The molecule has 0 spiro atoms. The van der Waals surface area contributed by atoms with Crippen molar-refractivity contribution in [3.05, 3.63) is 22.2 Å². The van der Waals surface area contributed by atoms with Crippen molar-refractivity contribution in [3.63, 3.8) is 0 Å². The molecule has 94 valence electrons. The van der Waals surface area contributed by atoms with E-state index < -0.39 is 0 Å². The summed E-state index contributed by atoms with van der Waals surface area (Å²) in [5.41, 5.74) is 6.27. The summed E-state index contributed by atoms with van der Waals surface area (Å²) in [6.45, 7) is 4.10.